The van der Waals surface area contributed by atoms with Crippen molar-refractivity contribution in [1.82, 2.24) is 4.90 Å². The van der Waals surface area contributed by atoms with E-state index in [0.717, 1.165) is 67.9 Å². The molecule has 4 nitrogen and oxygen atoms in total. The summed E-state index contributed by atoms with van der Waals surface area (Å²) in [5, 5.41) is 10.3. The van der Waals surface area contributed by atoms with Crippen molar-refractivity contribution in [3.05, 3.63) is 88.0 Å². The normalized spacial score (nSPS) is 17.7. The molecule has 39 heavy (non-hydrogen) atoms. The van der Waals surface area contributed by atoms with Gasteiger partial charge < -0.3 is 14.6 Å². The second kappa shape index (κ2) is 12.3. The fraction of sp³-hybridized carbons (Fsp3) is 0.412. The van der Waals surface area contributed by atoms with Crippen molar-refractivity contribution < 1.29 is 19.0 Å². The summed E-state index contributed by atoms with van der Waals surface area (Å²) in [6, 6.07) is 18.7. The molecule has 1 atom stereocenters. The Labute approximate surface area is 232 Å². The van der Waals surface area contributed by atoms with E-state index in [-0.39, 0.29) is 12.8 Å². The third-order valence-electron chi connectivity index (χ3n) is 7.96. The summed E-state index contributed by atoms with van der Waals surface area (Å²) in [6.07, 6.45) is 4.59. The first kappa shape index (κ1) is 27.3. The van der Waals surface area contributed by atoms with E-state index >= 15 is 0 Å². The van der Waals surface area contributed by atoms with E-state index in [1.54, 1.807) is 6.07 Å². The molecule has 2 aliphatic rings. The molecule has 0 radical (unpaired) electrons. The van der Waals surface area contributed by atoms with Gasteiger partial charge in [-0.3, -0.25) is 9.29 Å². The number of nitrogens with zero attached hydrogens (tertiary/aromatic N) is 1. The van der Waals surface area contributed by atoms with Crippen LogP contribution in [0.25, 0.3) is 11.1 Å². The molecule has 0 amide bonds. The maximum absolute atomic E-state index is 12.6. The average Bonchev–Trinajstić information content (AvgIpc) is 3.29. The van der Waals surface area contributed by atoms with Crippen molar-refractivity contribution in [2.24, 2.45) is 0 Å². The number of hydrogen-bond donors (Lipinski definition) is 1. The van der Waals surface area contributed by atoms with Crippen molar-refractivity contribution >= 4 is 11.1 Å². The maximum atomic E-state index is 12.6. The predicted octanol–water partition coefficient (Wildman–Crippen LogP) is 7.52. The van der Waals surface area contributed by atoms with Crippen molar-refractivity contribution in [3.8, 4) is 17.2 Å². The minimum atomic E-state index is -0.264. The Morgan fingerprint density at radius 2 is 1.79 bits per heavy atom. The van der Waals surface area contributed by atoms with Crippen LogP contribution >= 0.6 is 0 Å². The Kier molecular flexibility index (Phi) is 8.56. The Morgan fingerprint density at radius 3 is 2.56 bits per heavy atom. The monoisotopic (exact) mass is 529 g/mol. The van der Waals surface area contributed by atoms with Crippen LogP contribution in [0.5, 0.6) is 17.2 Å². The number of allylic oxidation sites excluding steroid dienone is 1. The summed E-state index contributed by atoms with van der Waals surface area (Å²) < 4.78 is 24.8. The smallest absolute Gasteiger partial charge is 0.122 e. The molecule has 0 spiro atoms. The van der Waals surface area contributed by atoms with Crippen LogP contribution < -0.4 is 9.47 Å². The molecule has 1 N–H and O–H groups in total. The van der Waals surface area contributed by atoms with Gasteiger partial charge in [0, 0.05) is 19.6 Å². The molecule has 1 aliphatic heterocycles. The molecule has 1 heterocycles. The minimum absolute atomic E-state index is 0.140. The summed E-state index contributed by atoms with van der Waals surface area (Å²) in [7, 11) is 0. The van der Waals surface area contributed by atoms with Crippen LogP contribution in [-0.2, 0) is 6.42 Å². The number of phenols is 1. The second-order valence-corrected chi connectivity index (χ2v) is 10.8. The molecule has 5 heteroatoms. The highest BCUT2D eigenvalue weighted by Crippen LogP contribution is 2.43. The van der Waals surface area contributed by atoms with Crippen LogP contribution in [0.3, 0.4) is 0 Å². The van der Waals surface area contributed by atoms with E-state index in [1.165, 1.54) is 33.4 Å². The molecule has 1 saturated heterocycles. The van der Waals surface area contributed by atoms with E-state index in [1.807, 2.05) is 13.0 Å². The summed E-state index contributed by atoms with van der Waals surface area (Å²) in [5.41, 5.74) is 9.66. The van der Waals surface area contributed by atoms with Gasteiger partial charge in [0.2, 0.25) is 0 Å². The third kappa shape index (κ3) is 6.14. The average molecular weight is 530 g/mol. The molecule has 3 aromatic carbocycles. The summed E-state index contributed by atoms with van der Waals surface area (Å²) >= 11 is 0. The molecule has 1 fully saturated rings. The fourth-order valence-corrected chi connectivity index (χ4v) is 6.07. The second-order valence-electron chi connectivity index (χ2n) is 10.8. The number of aromatic hydroxyl groups is 1. The largest absolute Gasteiger partial charge is 0.508 e. The number of benzene rings is 3. The van der Waals surface area contributed by atoms with Gasteiger partial charge in [0.25, 0.3) is 0 Å². The van der Waals surface area contributed by atoms with Crippen molar-refractivity contribution in [2.75, 3.05) is 32.9 Å². The summed E-state index contributed by atoms with van der Waals surface area (Å²) in [5.74, 6) is 2.12. The van der Waals surface area contributed by atoms with Crippen LogP contribution in [0.1, 0.15) is 66.0 Å². The lowest BCUT2D eigenvalue weighted by molar-refractivity contribution is 0.198. The first-order valence-electron chi connectivity index (χ1n) is 14.3. The highest BCUT2D eigenvalue weighted by atomic mass is 19.1. The Morgan fingerprint density at radius 1 is 0.974 bits per heavy atom. The van der Waals surface area contributed by atoms with Crippen LogP contribution in [0.2, 0.25) is 0 Å². The maximum Gasteiger partial charge on any atom is 0.122 e. The standard InChI is InChI=1S/C34H40FNO3/c1-4-38-33-20-23(2)32(19-24(33)3)31-8-5-7-26-21-27(37)11-14-30(26)34(31)25-9-12-28(13-10-25)39-29-15-18-36(22-29)17-6-16-35/h9-14,19-21,29,37H,4-8,15-18,22H2,1-3H3/t29-/m0/s1. The number of fused-ring (bicyclic) bond motifs is 1. The van der Waals surface area contributed by atoms with Gasteiger partial charge in [0.1, 0.15) is 23.4 Å². The van der Waals surface area contributed by atoms with Gasteiger partial charge in [-0.1, -0.05) is 18.2 Å². The van der Waals surface area contributed by atoms with E-state index in [2.05, 4.69) is 61.2 Å². The number of alkyl halides is 1. The molecule has 0 unspecified atom stereocenters. The Balaban J connectivity index is 1.51. The van der Waals surface area contributed by atoms with E-state index < -0.39 is 0 Å². The van der Waals surface area contributed by atoms with Gasteiger partial charge in [-0.05, 0) is 134 Å². The van der Waals surface area contributed by atoms with Crippen LogP contribution in [0.4, 0.5) is 4.39 Å². The number of hydrogen-bond acceptors (Lipinski definition) is 4. The molecule has 0 aromatic heterocycles. The summed E-state index contributed by atoms with van der Waals surface area (Å²) in [6.45, 7) is 9.29. The van der Waals surface area contributed by atoms with Gasteiger partial charge in [0.05, 0.1) is 13.3 Å². The fourth-order valence-electron chi connectivity index (χ4n) is 6.07. The molecule has 5 rings (SSSR count). The molecular weight excluding hydrogens is 489 g/mol. The molecule has 0 bridgehead atoms. The van der Waals surface area contributed by atoms with Crippen LogP contribution in [-0.4, -0.2) is 49.0 Å². The zero-order chi connectivity index (χ0) is 27.4. The van der Waals surface area contributed by atoms with Gasteiger partial charge in [0.15, 0.2) is 0 Å². The highest BCUT2D eigenvalue weighted by Gasteiger charge is 2.25. The third-order valence-corrected chi connectivity index (χ3v) is 7.96. The number of aryl methyl sites for hydroxylation is 3. The van der Waals surface area contributed by atoms with Gasteiger partial charge >= 0.3 is 0 Å². The first-order chi connectivity index (χ1) is 19.0. The van der Waals surface area contributed by atoms with E-state index in [4.69, 9.17) is 9.47 Å². The minimum Gasteiger partial charge on any atom is -0.508 e. The van der Waals surface area contributed by atoms with Crippen LogP contribution in [0.15, 0.2) is 54.6 Å². The lowest BCUT2D eigenvalue weighted by atomic mass is 9.86. The van der Waals surface area contributed by atoms with Crippen molar-refractivity contribution in [2.45, 2.75) is 59.0 Å². The van der Waals surface area contributed by atoms with Gasteiger partial charge in [-0.15, -0.1) is 0 Å². The highest BCUT2D eigenvalue weighted by molar-refractivity contribution is 6.00. The number of phenolic OH excluding ortho intramolecular Hbond substituents is 1. The number of halogens is 1. The lowest BCUT2D eigenvalue weighted by Crippen LogP contribution is -2.26. The lowest BCUT2D eigenvalue weighted by Gasteiger charge is -2.20. The topological polar surface area (TPSA) is 41.9 Å². The molecule has 0 saturated carbocycles. The Hall–Kier alpha value is -3.31. The molecule has 1 aliphatic carbocycles. The van der Waals surface area contributed by atoms with Gasteiger partial charge in [-0.25, -0.2) is 0 Å². The molecule has 206 valence electrons. The first-order valence-corrected chi connectivity index (χ1v) is 14.3. The van der Waals surface area contributed by atoms with Gasteiger partial charge in [-0.2, -0.15) is 0 Å². The molecular formula is C34H40FNO3. The summed E-state index contributed by atoms with van der Waals surface area (Å²) in [4.78, 5) is 2.29. The van der Waals surface area contributed by atoms with E-state index in [0.29, 0.717) is 18.8 Å². The predicted molar refractivity (Wildman–Crippen MR) is 157 cm³/mol. The Bertz CT molecular complexity index is 1330. The number of likely N-dealkylation sites (tertiary alicyclic amines) is 1. The SMILES string of the molecule is CCOc1cc(C)c(C2=C(c3ccc(O[C@H]4CCN(CCCF)C4)cc3)c3ccc(O)cc3CCC2)cc1C. The van der Waals surface area contributed by atoms with Crippen LogP contribution in [0, 0.1) is 13.8 Å². The number of ether oxygens (including phenoxy) is 2. The number of rotatable bonds is 9. The van der Waals surface area contributed by atoms with Crippen molar-refractivity contribution in [3.63, 3.8) is 0 Å². The van der Waals surface area contributed by atoms with E-state index in [9.17, 15) is 9.50 Å². The molecule has 3 aromatic rings. The quantitative estimate of drug-likeness (QED) is 0.311. The zero-order valence-corrected chi connectivity index (χ0v) is 23.4. The zero-order valence-electron chi connectivity index (χ0n) is 23.4. The van der Waals surface area contributed by atoms with Crippen molar-refractivity contribution in [1.29, 1.82) is 0 Å².